The number of benzene rings is 2. The number of aliphatic hydroxyl groups excluding tert-OH is 1. The number of aliphatic hydroxyl groups is 1. The first kappa shape index (κ1) is 26.0. The number of hydrogen-bond donors (Lipinski definition) is 2. The number of aryl methyl sites for hydroxylation is 1. The van der Waals surface area contributed by atoms with Gasteiger partial charge in [-0.1, -0.05) is 48.5 Å². The van der Waals surface area contributed by atoms with Crippen LogP contribution in [0.2, 0.25) is 0 Å². The fourth-order valence-electron chi connectivity index (χ4n) is 3.13. The van der Waals surface area contributed by atoms with E-state index in [1.165, 1.54) is 0 Å². The van der Waals surface area contributed by atoms with E-state index in [4.69, 9.17) is 15.2 Å². The zero-order valence-corrected chi connectivity index (χ0v) is 19.3. The monoisotopic (exact) mass is 456 g/mol. The van der Waals surface area contributed by atoms with Crippen molar-refractivity contribution in [1.29, 1.82) is 0 Å². The van der Waals surface area contributed by atoms with Gasteiger partial charge in [-0.25, -0.2) is 4.79 Å². The van der Waals surface area contributed by atoms with Crippen LogP contribution in [0.4, 0.5) is 5.69 Å². The van der Waals surface area contributed by atoms with Crippen molar-refractivity contribution >= 4 is 23.5 Å². The molecule has 0 saturated heterocycles. The van der Waals surface area contributed by atoms with Crippen LogP contribution in [0.3, 0.4) is 0 Å². The Hall–Kier alpha value is -3.23. The Bertz CT molecular complexity index is 939. The highest BCUT2D eigenvalue weighted by Crippen LogP contribution is 2.23. The molecule has 8 heteroatoms. The van der Waals surface area contributed by atoms with Crippen LogP contribution in [0.1, 0.15) is 38.3 Å². The first-order valence-electron chi connectivity index (χ1n) is 10.8. The summed E-state index contributed by atoms with van der Waals surface area (Å²) < 4.78 is 10.6. The summed E-state index contributed by atoms with van der Waals surface area (Å²) in [5.74, 6) is -2.32. The maximum Gasteiger partial charge on any atom is 0.333 e. The van der Waals surface area contributed by atoms with Gasteiger partial charge in [-0.2, -0.15) is 0 Å². The number of nitrogens with zero attached hydrogens (tertiary/aromatic N) is 1. The highest BCUT2D eigenvalue weighted by atomic mass is 16.6. The van der Waals surface area contributed by atoms with Gasteiger partial charge in [0.25, 0.3) is 5.91 Å². The minimum absolute atomic E-state index is 0.0280. The summed E-state index contributed by atoms with van der Waals surface area (Å²) in [6.45, 7) is 4.68. The van der Waals surface area contributed by atoms with Gasteiger partial charge in [-0.3, -0.25) is 14.5 Å². The molecule has 0 aliphatic rings. The molecule has 3 N–H and O–H groups in total. The molecule has 0 radical (unpaired) electrons. The fourth-order valence-corrected chi connectivity index (χ4v) is 3.13. The van der Waals surface area contributed by atoms with Crippen LogP contribution in [0.15, 0.2) is 54.6 Å². The van der Waals surface area contributed by atoms with Gasteiger partial charge in [0.1, 0.15) is 18.8 Å². The molecule has 1 atom stereocenters. The summed E-state index contributed by atoms with van der Waals surface area (Å²) in [4.78, 5) is 39.5. The normalized spacial score (nSPS) is 12.0. The van der Waals surface area contributed by atoms with E-state index in [0.29, 0.717) is 18.5 Å². The Morgan fingerprint density at radius 3 is 2.30 bits per heavy atom. The molecule has 2 rings (SSSR count). The van der Waals surface area contributed by atoms with Crippen LogP contribution in [-0.2, 0) is 36.9 Å². The summed E-state index contributed by atoms with van der Waals surface area (Å²) in [6.07, 6.45) is 0.940. The third-order valence-electron chi connectivity index (χ3n) is 4.60. The van der Waals surface area contributed by atoms with Crippen molar-refractivity contribution in [2.45, 2.75) is 51.9 Å². The van der Waals surface area contributed by atoms with Gasteiger partial charge in [-0.15, -0.1) is 0 Å². The van der Waals surface area contributed by atoms with E-state index in [-0.39, 0.29) is 13.2 Å². The van der Waals surface area contributed by atoms with E-state index in [0.717, 1.165) is 16.0 Å². The maximum atomic E-state index is 13.3. The van der Waals surface area contributed by atoms with Gasteiger partial charge in [0.2, 0.25) is 0 Å². The molecule has 1 amide bonds. The molecule has 0 bridgehead atoms. The number of nitrogens with two attached hydrogens (primary N) is 1. The van der Waals surface area contributed by atoms with Gasteiger partial charge in [0, 0.05) is 12.3 Å². The highest BCUT2D eigenvalue weighted by Gasteiger charge is 2.33. The molecule has 0 aromatic heterocycles. The SMILES string of the molecule is CC(C)(C)OC(=O)CN(C(=O)C(N)C(=O)OCc1ccccc1)c1ccccc1CCCO. The van der Waals surface area contributed by atoms with Gasteiger partial charge in [0.05, 0.1) is 0 Å². The number of rotatable bonds is 10. The van der Waals surface area contributed by atoms with Crippen molar-refractivity contribution < 1.29 is 29.0 Å². The molecular formula is C25H32N2O6. The lowest BCUT2D eigenvalue weighted by Gasteiger charge is -2.28. The van der Waals surface area contributed by atoms with Crippen molar-refractivity contribution in [3.63, 3.8) is 0 Å². The fraction of sp³-hybridized carbons (Fsp3) is 0.400. The average Bonchev–Trinajstić information content (AvgIpc) is 2.78. The second-order valence-corrected chi connectivity index (χ2v) is 8.54. The van der Waals surface area contributed by atoms with Crippen LogP contribution in [0, 0.1) is 0 Å². The van der Waals surface area contributed by atoms with Crippen LogP contribution >= 0.6 is 0 Å². The second-order valence-electron chi connectivity index (χ2n) is 8.54. The van der Waals surface area contributed by atoms with E-state index < -0.39 is 36.0 Å². The molecule has 2 aromatic rings. The minimum atomic E-state index is -1.62. The Morgan fingerprint density at radius 1 is 1.03 bits per heavy atom. The molecule has 2 aromatic carbocycles. The molecular weight excluding hydrogens is 424 g/mol. The maximum absolute atomic E-state index is 13.3. The number of carbonyl (C=O) groups excluding carboxylic acids is 3. The summed E-state index contributed by atoms with van der Waals surface area (Å²) in [6, 6.07) is 14.4. The third kappa shape index (κ3) is 8.32. The molecule has 33 heavy (non-hydrogen) atoms. The molecule has 0 heterocycles. The molecule has 0 spiro atoms. The summed E-state index contributed by atoms with van der Waals surface area (Å²) in [5.41, 5.74) is 7.12. The van der Waals surface area contributed by atoms with Crippen molar-refractivity contribution in [2.75, 3.05) is 18.1 Å². The number of hydrogen-bond acceptors (Lipinski definition) is 7. The zero-order chi connectivity index (χ0) is 24.4. The van der Waals surface area contributed by atoms with Gasteiger partial charge >= 0.3 is 11.9 Å². The molecule has 0 fully saturated rings. The van der Waals surface area contributed by atoms with E-state index in [9.17, 15) is 19.5 Å². The zero-order valence-electron chi connectivity index (χ0n) is 19.3. The first-order valence-corrected chi connectivity index (χ1v) is 10.8. The van der Waals surface area contributed by atoms with Crippen molar-refractivity contribution in [2.24, 2.45) is 5.73 Å². The van der Waals surface area contributed by atoms with Crippen LogP contribution < -0.4 is 10.6 Å². The van der Waals surface area contributed by atoms with Crippen molar-refractivity contribution in [1.82, 2.24) is 0 Å². The van der Waals surface area contributed by atoms with E-state index in [1.54, 1.807) is 69.3 Å². The second kappa shape index (κ2) is 12.1. The quantitative estimate of drug-likeness (QED) is 0.416. The number of amides is 1. The Labute approximate surface area is 194 Å². The summed E-state index contributed by atoms with van der Waals surface area (Å²) in [5, 5.41) is 9.22. The predicted octanol–water partition coefficient (Wildman–Crippen LogP) is 2.36. The van der Waals surface area contributed by atoms with Crippen LogP contribution in [0.25, 0.3) is 0 Å². The van der Waals surface area contributed by atoms with Crippen LogP contribution in [0.5, 0.6) is 0 Å². The van der Waals surface area contributed by atoms with E-state index >= 15 is 0 Å². The Kier molecular flexibility index (Phi) is 9.57. The molecule has 8 nitrogen and oxygen atoms in total. The van der Waals surface area contributed by atoms with Gasteiger partial charge in [-0.05, 0) is 50.8 Å². The van der Waals surface area contributed by atoms with E-state index in [1.807, 2.05) is 6.07 Å². The topological polar surface area (TPSA) is 119 Å². The number of carbonyl (C=O) groups is 3. The molecule has 178 valence electrons. The lowest BCUT2D eigenvalue weighted by Crippen LogP contribution is -2.51. The van der Waals surface area contributed by atoms with E-state index in [2.05, 4.69) is 0 Å². The molecule has 1 unspecified atom stereocenters. The Balaban J connectivity index is 2.25. The highest BCUT2D eigenvalue weighted by molar-refractivity contribution is 6.11. The predicted molar refractivity (Wildman–Crippen MR) is 124 cm³/mol. The smallest absolute Gasteiger partial charge is 0.333 e. The number of para-hydroxylation sites is 1. The van der Waals surface area contributed by atoms with Gasteiger partial charge in [0.15, 0.2) is 6.04 Å². The van der Waals surface area contributed by atoms with Crippen molar-refractivity contribution in [3.8, 4) is 0 Å². The molecule has 0 saturated carbocycles. The summed E-state index contributed by atoms with van der Waals surface area (Å²) >= 11 is 0. The standard InChI is InChI=1S/C25H32N2O6/c1-25(2,3)33-21(29)16-27(20-14-8-7-12-19(20)13-9-15-28)23(30)22(26)24(31)32-17-18-10-5-4-6-11-18/h4-8,10-12,14,22,28H,9,13,15-17,26H2,1-3H3. The number of anilines is 1. The molecule has 0 aliphatic heterocycles. The van der Waals surface area contributed by atoms with Crippen LogP contribution in [-0.4, -0.2) is 47.7 Å². The number of ether oxygens (including phenoxy) is 2. The van der Waals surface area contributed by atoms with Gasteiger partial charge < -0.3 is 20.3 Å². The largest absolute Gasteiger partial charge is 0.459 e. The number of esters is 2. The third-order valence-corrected chi connectivity index (χ3v) is 4.60. The average molecular weight is 457 g/mol. The lowest BCUT2D eigenvalue weighted by molar-refractivity contribution is -0.155. The molecule has 0 aliphatic carbocycles. The minimum Gasteiger partial charge on any atom is -0.459 e. The first-order chi connectivity index (χ1) is 15.6. The lowest BCUT2D eigenvalue weighted by atomic mass is 10.1. The summed E-state index contributed by atoms with van der Waals surface area (Å²) in [7, 11) is 0. The van der Waals surface area contributed by atoms with Crippen molar-refractivity contribution in [3.05, 3.63) is 65.7 Å². The Morgan fingerprint density at radius 2 is 1.67 bits per heavy atom.